The molecule has 0 saturated carbocycles. The van der Waals surface area contributed by atoms with Crippen molar-refractivity contribution in [2.45, 2.75) is 6.18 Å². The second kappa shape index (κ2) is 3.37. The third kappa shape index (κ3) is 3.38. The Labute approximate surface area is 82.2 Å². The van der Waals surface area contributed by atoms with Crippen molar-refractivity contribution in [3.8, 4) is 0 Å². The molecule has 0 radical (unpaired) electrons. The zero-order valence-electron chi connectivity index (χ0n) is 7.31. The summed E-state index contributed by atoms with van der Waals surface area (Å²) in [5.41, 5.74) is 0. The third-order valence-corrected chi connectivity index (χ3v) is 3.79. The molecule has 0 saturated heterocycles. The van der Waals surface area contributed by atoms with Crippen molar-refractivity contribution < 1.29 is 25.8 Å². The summed E-state index contributed by atoms with van der Waals surface area (Å²) in [5.74, 6) is 0. The second-order valence-electron chi connectivity index (χ2n) is 3.07. The zero-order valence-corrected chi connectivity index (χ0v) is 8.20. The Bertz CT molecular complexity index is 336. The van der Waals surface area contributed by atoms with E-state index in [0.717, 1.165) is 12.1 Å². The molecule has 0 aliphatic carbocycles. The van der Waals surface area contributed by atoms with Gasteiger partial charge in [-0.05, 0) is 0 Å². The van der Waals surface area contributed by atoms with Crippen LogP contribution in [0.5, 0.6) is 0 Å². The van der Waals surface area contributed by atoms with E-state index in [0.29, 0.717) is 12.1 Å². The summed E-state index contributed by atoms with van der Waals surface area (Å²) in [5, 5.41) is -1.17. The molecule has 1 aromatic rings. The van der Waals surface area contributed by atoms with Gasteiger partial charge in [-0.3, -0.25) is 0 Å². The summed E-state index contributed by atoms with van der Waals surface area (Å²) in [6.45, 7) is 0. The topological polar surface area (TPSA) is 0 Å². The Morgan fingerprint density at radius 1 is 0.933 bits per heavy atom. The van der Waals surface area contributed by atoms with Crippen molar-refractivity contribution in [1.29, 1.82) is 0 Å². The van der Waals surface area contributed by atoms with Gasteiger partial charge in [0.05, 0.1) is 0 Å². The molecule has 0 heterocycles. The summed E-state index contributed by atoms with van der Waals surface area (Å²) >= 11 is 0. The molecule has 1 rings (SSSR count). The van der Waals surface area contributed by atoms with Crippen LogP contribution in [-0.2, 0) is 0 Å². The number of alkyl halides is 3. The molecule has 7 heteroatoms. The van der Waals surface area contributed by atoms with Gasteiger partial charge in [-0.25, -0.2) is 0 Å². The normalized spacial score (nSPS) is 15.7. The van der Waals surface area contributed by atoms with Crippen LogP contribution in [0.1, 0.15) is 0 Å². The van der Waals surface area contributed by atoms with Crippen molar-refractivity contribution in [3.05, 3.63) is 30.3 Å². The van der Waals surface area contributed by atoms with Crippen molar-refractivity contribution >= 4 is 12.8 Å². The van der Waals surface area contributed by atoms with Crippen LogP contribution in [0.2, 0.25) is 0 Å². The van der Waals surface area contributed by atoms with E-state index in [1.54, 1.807) is 0 Å². The van der Waals surface area contributed by atoms with Gasteiger partial charge in [0.1, 0.15) is 0 Å². The van der Waals surface area contributed by atoms with Crippen molar-refractivity contribution in [2.75, 3.05) is 6.16 Å². The van der Waals surface area contributed by atoms with Gasteiger partial charge >= 0.3 is 81.3 Å². The molecule has 0 N–H and O–H groups in total. The van der Waals surface area contributed by atoms with Crippen molar-refractivity contribution in [3.63, 3.8) is 0 Å². The Morgan fingerprint density at radius 3 is 1.80 bits per heavy atom. The first kappa shape index (κ1) is 12.3. The van der Waals surface area contributed by atoms with Gasteiger partial charge in [-0.1, -0.05) is 0 Å². The molecule has 0 bridgehead atoms. The molecule has 0 aliphatic heterocycles. The summed E-state index contributed by atoms with van der Waals surface area (Å²) in [7, 11) is -7.31. The Balaban J connectivity index is 3.09. The van der Waals surface area contributed by atoms with Gasteiger partial charge in [-0.2, -0.15) is 0 Å². The van der Waals surface area contributed by atoms with Gasteiger partial charge in [-0.15, -0.1) is 0 Å². The standard InChI is InChI=1S/C8H7F6P/c9-8(10,11)6-15(12,13,14)7-4-2-1-3-5-7/h1-5H,6H2. The third-order valence-electron chi connectivity index (χ3n) is 1.67. The molecule has 0 aromatic heterocycles. The minimum atomic E-state index is -7.31. The molecule has 0 aliphatic rings. The van der Waals surface area contributed by atoms with Gasteiger partial charge in [0.2, 0.25) is 0 Å². The quantitative estimate of drug-likeness (QED) is 0.546. The van der Waals surface area contributed by atoms with Crippen LogP contribution in [0.4, 0.5) is 25.8 Å². The van der Waals surface area contributed by atoms with E-state index in [1.165, 1.54) is 6.07 Å². The van der Waals surface area contributed by atoms with E-state index in [4.69, 9.17) is 0 Å². The first-order valence-corrected chi connectivity index (χ1v) is 5.97. The Hall–Kier alpha value is -0.770. The van der Waals surface area contributed by atoms with Crippen LogP contribution in [0.15, 0.2) is 30.3 Å². The van der Waals surface area contributed by atoms with Crippen molar-refractivity contribution in [2.24, 2.45) is 0 Å². The number of halogens is 6. The first-order valence-electron chi connectivity index (χ1n) is 3.88. The molecule has 15 heavy (non-hydrogen) atoms. The van der Waals surface area contributed by atoms with Crippen LogP contribution >= 0.6 is 7.54 Å². The number of hydrogen-bond donors (Lipinski definition) is 0. The van der Waals surface area contributed by atoms with Gasteiger partial charge in [0.25, 0.3) is 0 Å². The maximum absolute atomic E-state index is 13.1. The fraction of sp³-hybridized carbons (Fsp3) is 0.250. The predicted octanol–water partition coefficient (Wildman–Crippen LogP) is 4.08. The SMILES string of the molecule is FC(F)(F)CP(F)(F)(F)c1ccccc1. The Kier molecular flexibility index (Phi) is 2.76. The van der Waals surface area contributed by atoms with Gasteiger partial charge in [0.15, 0.2) is 0 Å². The molecule has 0 spiro atoms. The summed E-state index contributed by atoms with van der Waals surface area (Å²) in [6, 6.07) is 4.81. The molecule has 1 aromatic carbocycles. The monoisotopic (exact) mass is 248 g/mol. The van der Waals surface area contributed by atoms with Crippen LogP contribution in [0.3, 0.4) is 0 Å². The van der Waals surface area contributed by atoms with Crippen LogP contribution in [-0.4, -0.2) is 12.3 Å². The summed E-state index contributed by atoms with van der Waals surface area (Å²) in [6.07, 6.45) is -7.91. The number of benzene rings is 1. The average Bonchev–Trinajstić information content (AvgIpc) is 2.00. The molecule has 0 unspecified atom stereocenters. The Morgan fingerprint density at radius 2 is 1.40 bits per heavy atom. The predicted molar refractivity (Wildman–Crippen MR) is 47.2 cm³/mol. The summed E-state index contributed by atoms with van der Waals surface area (Å²) in [4.78, 5) is 0. The van der Waals surface area contributed by atoms with E-state index in [9.17, 15) is 25.8 Å². The number of hydrogen-bond acceptors (Lipinski definition) is 0. The summed E-state index contributed by atoms with van der Waals surface area (Å²) < 4.78 is 74.6. The molecule has 0 fully saturated rings. The van der Waals surface area contributed by atoms with Crippen LogP contribution in [0.25, 0.3) is 0 Å². The van der Waals surface area contributed by atoms with Crippen LogP contribution < -0.4 is 5.30 Å². The van der Waals surface area contributed by atoms with Crippen LogP contribution in [0, 0.1) is 0 Å². The molecular weight excluding hydrogens is 241 g/mol. The van der Waals surface area contributed by atoms with Gasteiger partial charge in [0, 0.05) is 0 Å². The molecular formula is C8H7F6P. The molecule has 0 nitrogen and oxygen atoms in total. The zero-order chi connectivity index (χ0) is 11.8. The number of rotatable bonds is 2. The fourth-order valence-electron chi connectivity index (χ4n) is 1.09. The first-order chi connectivity index (χ1) is 6.59. The van der Waals surface area contributed by atoms with E-state index in [1.807, 2.05) is 0 Å². The maximum atomic E-state index is 13.1. The fourth-order valence-corrected chi connectivity index (χ4v) is 2.58. The van der Waals surface area contributed by atoms with Crippen molar-refractivity contribution in [1.82, 2.24) is 0 Å². The van der Waals surface area contributed by atoms with E-state index in [2.05, 4.69) is 0 Å². The van der Waals surface area contributed by atoms with E-state index >= 15 is 0 Å². The molecule has 0 amide bonds. The van der Waals surface area contributed by atoms with E-state index in [-0.39, 0.29) is 0 Å². The second-order valence-corrected chi connectivity index (χ2v) is 5.83. The molecule has 0 atom stereocenters. The van der Waals surface area contributed by atoms with E-state index < -0.39 is 25.2 Å². The average molecular weight is 248 g/mol. The minimum absolute atomic E-state index is 0.670. The molecule has 86 valence electrons. The van der Waals surface area contributed by atoms with Gasteiger partial charge < -0.3 is 0 Å².